The number of carboxylic acids is 1. The van der Waals surface area contributed by atoms with Gasteiger partial charge < -0.3 is 15.7 Å². The van der Waals surface area contributed by atoms with Gasteiger partial charge in [0, 0.05) is 11.7 Å². The second kappa shape index (κ2) is 6.16. The molecule has 18 heavy (non-hydrogen) atoms. The fourth-order valence-corrected chi connectivity index (χ4v) is 1.49. The van der Waals surface area contributed by atoms with Gasteiger partial charge in [0.15, 0.2) is 0 Å². The molecule has 0 bridgehead atoms. The van der Waals surface area contributed by atoms with E-state index < -0.39 is 5.97 Å². The third kappa shape index (κ3) is 3.85. The van der Waals surface area contributed by atoms with Crippen LogP contribution in [-0.4, -0.2) is 29.6 Å². The molecule has 0 radical (unpaired) electrons. The summed E-state index contributed by atoms with van der Waals surface area (Å²) in [6.07, 6.45) is 0. The molecule has 5 heteroatoms. The Labute approximate surface area is 106 Å². The van der Waals surface area contributed by atoms with Crippen molar-refractivity contribution < 1.29 is 14.7 Å². The van der Waals surface area contributed by atoms with Crippen LogP contribution in [0, 0.1) is 6.92 Å². The van der Waals surface area contributed by atoms with Gasteiger partial charge in [-0.2, -0.15) is 0 Å². The van der Waals surface area contributed by atoms with Crippen LogP contribution in [-0.2, 0) is 4.79 Å². The maximum Gasteiger partial charge on any atom is 0.336 e. The Morgan fingerprint density at radius 2 is 2.00 bits per heavy atom. The van der Waals surface area contributed by atoms with Gasteiger partial charge in [-0.3, -0.25) is 4.79 Å². The molecule has 0 atom stereocenters. The summed E-state index contributed by atoms with van der Waals surface area (Å²) in [6.45, 7) is 5.77. The standard InChI is InChI=1S/C13H18N2O3/c1-8(2)14-7-12(16)15-11-6-4-5-10(9(11)3)13(17)18/h4-6,8,14H,7H2,1-3H3,(H,15,16)(H,17,18). The number of carbonyl (C=O) groups excluding carboxylic acids is 1. The first-order valence-corrected chi connectivity index (χ1v) is 5.78. The molecule has 1 aromatic rings. The van der Waals surface area contributed by atoms with Gasteiger partial charge in [-0.25, -0.2) is 4.79 Å². The topological polar surface area (TPSA) is 78.4 Å². The van der Waals surface area contributed by atoms with Crippen molar-refractivity contribution in [3.8, 4) is 0 Å². The van der Waals surface area contributed by atoms with Crippen LogP contribution in [0.5, 0.6) is 0 Å². The molecular weight excluding hydrogens is 232 g/mol. The van der Waals surface area contributed by atoms with Crippen molar-refractivity contribution in [3.05, 3.63) is 29.3 Å². The van der Waals surface area contributed by atoms with E-state index in [0.717, 1.165) is 0 Å². The van der Waals surface area contributed by atoms with Crippen molar-refractivity contribution in [3.63, 3.8) is 0 Å². The summed E-state index contributed by atoms with van der Waals surface area (Å²) in [5.74, 6) is -1.18. The largest absolute Gasteiger partial charge is 0.478 e. The smallest absolute Gasteiger partial charge is 0.336 e. The van der Waals surface area contributed by atoms with Crippen LogP contribution in [0.4, 0.5) is 5.69 Å². The van der Waals surface area contributed by atoms with E-state index in [1.54, 1.807) is 19.1 Å². The first kappa shape index (κ1) is 14.2. The molecule has 0 heterocycles. The normalized spacial score (nSPS) is 10.4. The number of carboxylic acid groups (broad SMARTS) is 1. The molecule has 0 saturated heterocycles. The average Bonchev–Trinajstić information content (AvgIpc) is 2.29. The van der Waals surface area contributed by atoms with Crippen molar-refractivity contribution in [2.45, 2.75) is 26.8 Å². The predicted octanol–water partition coefficient (Wildman–Crippen LogP) is 1.63. The van der Waals surface area contributed by atoms with Gasteiger partial charge in [-0.05, 0) is 24.6 Å². The third-order valence-electron chi connectivity index (χ3n) is 2.51. The number of hydrogen-bond donors (Lipinski definition) is 3. The minimum atomic E-state index is -0.996. The molecule has 0 aliphatic rings. The summed E-state index contributed by atoms with van der Waals surface area (Å²) in [7, 11) is 0. The van der Waals surface area contributed by atoms with Gasteiger partial charge in [-0.1, -0.05) is 19.9 Å². The monoisotopic (exact) mass is 250 g/mol. The van der Waals surface area contributed by atoms with Crippen molar-refractivity contribution in [2.75, 3.05) is 11.9 Å². The number of benzene rings is 1. The first-order chi connectivity index (χ1) is 8.41. The Hall–Kier alpha value is -1.88. The van der Waals surface area contributed by atoms with E-state index in [0.29, 0.717) is 11.3 Å². The van der Waals surface area contributed by atoms with Gasteiger partial charge in [-0.15, -0.1) is 0 Å². The molecule has 0 unspecified atom stereocenters. The summed E-state index contributed by atoms with van der Waals surface area (Å²) < 4.78 is 0. The number of carbonyl (C=O) groups is 2. The molecule has 0 saturated carbocycles. The molecule has 0 fully saturated rings. The lowest BCUT2D eigenvalue weighted by atomic mass is 10.1. The lowest BCUT2D eigenvalue weighted by molar-refractivity contribution is -0.115. The quantitative estimate of drug-likeness (QED) is 0.742. The van der Waals surface area contributed by atoms with Gasteiger partial charge in [0.2, 0.25) is 5.91 Å². The number of rotatable bonds is 5. The van der Waals surface area contributed by atoms with Crippen LogP contribution in [0.15, 0.2) is 18.2 Å². The fraction of sp³-hybridized carbons (Fsp3) is 0.385. The van der Waals surface area contributed by atoms with Crippen molar-refractivity contribution >= 4 is 17.6 Å². The molecule has 1 amide bonds. The number of amides is 1. The Bertz CT molecular complexity index is 456. The van der Waals surface area contributed by atoms with E-state index in [4.69, 9.17) is 5.11 Å². The average molecular weight is 250 g/mol. The van der Waals surface area contributed by atoms with Crippen molar-refractivity contribution in [1.82, 2.24) is 5.32 Å². The van der Waals surface area contributed by atoms with E-state index in [2.05, 4.69) is 10.6 Å². The highest BCUT2D eigenvalue weighted by Crippen LogP contribution is 2.18. The zero-order valence-corrected chi connectivity index (χ0v) is 10.8. The number of anilines is 1. The Morgan fingerprint density at radius 3 is 2.56 bits per heavy atom. The molecule has 5 nitrogen and oxygen atoms in total. The third-order valence-corrected chi connectivity index (χ3v) is 2.51. The minimum absolute atomic E-state index is 0.186. The SMILES string of the molecule is Cc1c(NC(=O)CNC(C)C)cccc1C(=O)O. The van der Waals surface area contributed by atoms with Crippen LogP contribution >= 0.6 is 0 Å². The summed E-state index contributed by atoms with van der Waals surface area (Å²) in [5, 5.41) is 14.7. The van der Waals surface area contributed by atoms with E-state index in [1.165, 1.54) is 6.07 Å². The van der Waals surface area contributed by atoms with Crippen molar-refractivity contribution in [2.24, 2.45) is 0 Å². The molecule has 1 rings (SSSR count). The maximum atomic E-state index is 11.6. The second-order valence-electron chi connectivity index (χ2n) is 4.37. The van der Waals surface area contributed by atoms with Gasteiger partial charge in [0.25, 0.3) is 0 Å². The zero-order valence-electron chi connectivity index (χ0n) is 10.8. The molecule has 1 aromatic carbocycles. The summed E-state index contributed by atoms with van der Waals surface area (Å²) in [6, 6.07) is 5.04. The zero-order chi connectivity index (χ0) is 13.7. The highest BCUT2D eigenvalue weighted by atomic mass is 16.4. The Morgan fingerprint density at radius 1 is 1.33 bits per heavy atom. The molecule has 98 valence electrons. The Balaban J connectivity index is 2.76. The number of hydrogen-bond acceptors (Lipinski definition) is 3. The fourth-order valence-electron chi connectivity index (χ4n) is 1.49. The van der Waals surface area contributed by atoms with E-state index in [-0.39, 0.29) is 24.1 Å². The van der Waals surface area contributed by atoms with E-state index in [9.17, 15) is 9.59 Å². The lowest BCUT2D eigenvalue weighted by Gasteiger charge is -2.12. The van der Waals surface area contributed by atoms with Crippen molar-refractivity contribution in [1.29, 1.82) is 0 Å². The number of nitrogens with one attached hydrogen (secondary N) is 2. The van der Waals surface area contributed by atoms with Crippen LogP contribution in [0.3, 0.4) is 0 Å². The van der Waals surface area contributed by atoms with Crippen LogP contribution in [0.1, 0.15) is 29.8 Å². The summed E-state index contributed by atoms with van der Waals surface area (Å²) in [5.41, 5.74) is 1.29. The maximum absolute atomic E-state index is 11.6. The molecule has 0 aliphatic carbocycles. The van der Waals surface area contributed by atoms with E-state index in [1.807, 2.05) is 13.8 Å². The van der Waals surface area contributed by atoms with Crippen LogP contribution < -0.4 is 10.6 Å². The predicted molar refractivity (Wildman–Crippen MR) is 69.9 cm³/mol. The molecule has 0 spiro atoms. The minimum Gasteiger partial charge on any atom is -0.478 e. The lowest BCUT2D eigenvalue weighted by Crippen LogP contribution is -2.32. The second-order valence-corrected chi connectivity index (χ2v) is 4.37. The van der Waals surface area contributed by atoms with Crippen LogP contribution in [0.25, 0.3) is 0 Å². The molecule has 0 aliphatic heterocycles. The van der Waals surface area contributed by atoms with Gasteiger partial charge in [0.05, 0.1) is 12.1 Å². The Kier molecular flexibility index (Phi) is 4.85. The summed E-state index contributed by atoms with van der Waals surface area (Å²) >= 11 is 0. The number of aromatic carboxylic acids is 1. The first-order valence-electron chi connectivity index (χ1n) is 5.78. The van der Waals surface area contributed by atoms with E-state index >= 15 is 0 Å². The van der Waals surface area contributed by atoms with Crippen LogP contribution in [0.2, 0.25) is 0 Å². The highest BCUT2D eigenvalue weighted by Gasteiger charge is 2.11. The highest BCUT2D eigenvalue weighted by molar-refractivity contribution is 5.96. The van der Waals surface area contributed by atoms with Gasteiger partial charge in [0.1, 0.15) is 0 Å². The molecule has 3 N–H and O–H groups in total. The van der Waals surface area contributed by atoms with Gasteiger partial charge >= 0.3 is 5.97 Å². The summed E-state index contributed by atoms with van der Waals surface area (Å²) in [4.78, 5) is 22.6. The molecular formula is C13H18N2O3. The molecule has 0 aromatic heterocycles.